The Balaban J connectivity index is 2.41. The van der Waals surface area contributed by atoms with Gasteiger partial charge < -0.3 is 5.11 Å². The normalized spacial score (nSPS) is 11.2. The number of anilines is 1. The summed E-state index contributed by atoms with van der Waals surface area (Å²) in [5.74, 6) is -1.16. The van der Waals surface area contributed by atoms with Crippen molar-refractivity contribution in [2.24, 2.45) is 0 Å². The fraction of sp³-hybridized carbons (Fsp3) is 0.235. The Morgan fingerprint density at radius 3 is 2.22 bits per heavy atom. The zero-order valence-electron chi connectivity index (χ0n) is 13.0. The first-order valence-corrected chi connectivity index (χ1v) is 8.83. The highest BCUT2D eigenvalue weighted by Gasteiger charge is 2.20. The standard InChI is InChI=1S/C17H19NO4S/c1-3-12-5-9-15(10-6-12)18-23(21,22)16-11-14(17(19)20)8-7-13(16)4-2/h5-11,18H,3-4H2,1-2H3,(H,19,20). The Labute approximate surface area is 136 Å². The number of nitrogens with one attached hydrogen (secondary N) is 1. The van der Waals surface area contributed by atoms with Crippen LogP contribution in [0.2, 0.25) is 0 Å². The summed E-state index contributed by atoms with van der Waals surface area (Å²) in [4.78, 5) is 11.1. The molecule has 0 radical (unpaired) electrons. The maximum absolute atomic E-state index is 12.6. The van der Waals surface area contributed by atoms with Gasteiger partial charge in [0.25, 0.3) is 10.0 Å². The molecule has 0 heterocycles. The minimum absolute atomic E-state index is 0.000493. The van der Waals surface area contributed by atoms with Gasteiger partial charge in [-0.25, -0.2) is 13.2 Å². The number of carboxylic acid groups (broad SMARTS) is 1. The predicted octanol–water partition coefficient (Wildman–Crippen LogP) is 3.31. The van der Waals surface area contributed by atoms with Crippen molar-refractivity contribution in [1.29, 1.82) is 0 Å². The van der Waals surface area contributed by atoms with Crippen molar-refractivity contribution in [2.75, 3.05) is 4.72 Å². The summed E-state index contributed by atoms with van der Waals surface area (Å²) in [6.45, 7) is 3.84. The van der Waals surface area contributed by atoms with E-state index >= 15 is 0 Å². The molecule has 0 aliphatic heterocycles. The summed E-state index contributed by atoms with van der Waals surface area (Å²) in [6.07, 6.45) is 1.36. The Morgan fingerprint density at radius 1 is 1.04 bits per heavy atom. The number of hydrogen-bond acceptors (Lipinski definition) is 3. The monoisotopic (exact) mass is 333 g/mol. The molecule has 0 aliphatic rings. The Hall–Kier alpha value is -2.34. The molecule has 0 saturated heterocycles. The molecular weight excluding hydrogens is 314 g/mol. The fourth-order valence-corrected chi connectivity index (χ4v) is 3.64. The van der Waals surface area contributed by atoms with Gasteiger partial charge >= 0.3 is 5.97 Å². The number of aryl methyl sites for hydroxylation is 2. The zero-order valence-corrected chi connectivity index (χ0v) is 13.9. The summed E-state index contributed by atoms with van der Waals surface area (Å²) in [6, 6.07) is 11.3. The van der Waals surface area contributed by atoms with Crippen LogP contribution in [-0.2, 0) is 22.9 Å². The number of aromatic carboxylic acids is 1. The molecule has 0 unspecified atom stereocenters. The highest BCUT2D eigenvalue weighted by Crippen LogP contribution is 2.22. The minimum atomic E-state index is -3.85. The Kier molecular flexibility index (Phi) is 5.05. The first-order valence-electron chi connectivity index (χ1n) is 7.35. The van der Waals surface area contributed by atoms with Gasteiger partial charge in [0.05, 0.1) is 10.5 Å². The highest BCUT2D eigenvalue weighted by atomic mass is 32.2. The summed E-state index contributed by atoms with van der Waals surface area (Å²) in [5.41, 5.74) is 2.08. The summed E-state index contributed by atoms with van der Waals surface area (Å²) < 4.78 is 27.7. The van der Waals surface area contributed by atoms with E-state index in [1.807, 2.05) is 26.0 Å². The van der Waals surface area contributed by atoms with Gasteiger partial charge in [-0.2, -0.15) is 0 Å². The molecule has 0 saturated carbocycles. The van der Waals surface area contributed by atoms with Crippen molar-refractivity contribution in [3.8, 4) is 0 Å². The van der Waals surface area contributed by atoms with E-state index in [0.717, 1.165) is 12.0 Å². The van der Waals surface area contributed by atoms with Crippen molar-refractivity contribution in [3.05, 3.63) is 59.2 Å². The van der Waals surface area contributed by atoms with E-state index in [1.165, 1.54) is 18.2 Å². The van der Waals surface area contributed by atoms with Crippen LogP contribution in [0, 0.1) is 0 Å². The van der Waals surface area contributed by atoms with Crippen molar-refractivity contribution in [3.63, 3.8) is 0 Å². The quantitative estimate of drug-likeness (QED) is 0.849. The SMILES string of the molecule is CCc1ccc(NS(=O)(=O)c2cc(C(=O)O)ccc2CC)cc1. The van der Waals surface area contributed by atoms with E-state index in [-0.39, 0.29) is 10.5 Å². The Morgan fingerprint density at radius 2 is 1.70 bits per heavy atom. The maximum atomic E-state index is 12.6. The second-order valence-electron chi connectivity index (χ2n) is 5.14. The first kappa shape index (κ1) is 17.0. The van der Waals surface area contributed by atoms with Crippen molar-refractivity contribution >= 4 is 21.7 Å². The summed E-state index contributed by atoms with van der Waals surface area (Å²) in [7, 11) is -3.85. The molecule has 0 aliphatic carbocycles. The van der Waals surface area contributed by atoms with Crippen LogP contribution in [0.5, 0.6) is 0 Å². The molecule has 122 valence electrons. The van der Waals surface area contributed by atoms with E-state index in [2.05, 4.69) is 4.72 Å². The lowest BCUT2D eigenvalue weighted by atomic mass is 10.1. The molecule has 2 aromatic carbocycles. The van der Waals surface area contributed by atoms with Crippen molar-refractivity contribution in [2.45, 2.75) is 31.6 Å². The number of hydrogen-bond donors (Lipinski definition) is 2. The number of carboxylic acids is 1. The highest BCUT2D eigenvalue weighted by molar-refractivity contribution is 7.92. The molecule has 23 heavy (non-hydrogen) atoms. The van der Waals surface area contributed by atoms with E-state index in [0.29, 0.717) is 17.7 Å². The van der Waals surface area contributed by atoms with E-state index < -0.39 is 16.0 Å². The molecular formula is C17H19NO4S. The molecule has 0 bridgehead atoms. The van der Waals surface area contributed by atoms with E-state index in [9.17, 15) is 13.2 Å². The lowest BCUT2D eigenvalue weighted by Gasteiger charge is -2.12. The van der Waals surface area contributed by atoms with Gasteiger partial charge in [-0.3, -0.25) is 4.72 Å². The molecule has 2 aromatic rings. The predicted molar refractivity (Wildman–Crippen MR) is 89.4 cm³/mol. The van der Waals surface area contributed by atoms with Crippen LogP contribution < -0.4 is 4.72 Å². The van der Waals surface area contributed by atoms with Crippen LogP contribution in [0.1, 0.15) is 35.3 Å². The first-order chi connectivity index (χ1) is 10.9. The van der Waals surface area contributed by atoms with Gasteiger partial charge in [-0.15, -0.1) is 0 Å². The van der Waals surface area contributed by atoms with Gasteiger partial charge in [-0.05, 0) is 48.2 Å². The number of carbonyl (C=O) groups is 1. The molecule has 0 aromatic heterocycles. The van der Waals surface area contributed by atoms with Crippen LogP contribution in [0.25, 0.3) is 0 Å². The van der Waals surface area contributed by atoms with Crippen LogP contribution in [0.4, 0.5) is 5.69 Å². The Bertz CT molecular complexity index is 811. The topological polar surface area (TPSA) is 83.5 Å². The molecule has 5 nitrogen and oxygen atoms in total. The lowest BCUT2D eigenvalue weighted by molar-refractivity contribution is 0.0696. The van der Waals surface area contributed by atoms with Gasteiger partial charge in [0, 0.05) is 5.69 Å². The third-order valence-corrected chi connectivity index (χ3v) is 5.06. The number of benzene rings is 2. The second kappa shape index (κ2) is 6.83. The average molecular weight is 333 g/mol. The van der Waals surface area contributed by atoms with Crippen molar-refractivity contribution < 1.29 is 18.3 Å². The third-order valence-electron chi connectivity index (χ3n) is 3.60. The van der Waals surface area contributed by atoms with E-state index in [4.69, 9.17) is 5.11 Å². The maximum Gasteiger partial charge on any atom is 0.335 e. The zero-order chi connectivity index (χ0) is 17.0. The number of rotatable bonds is 6. The van der Waals surface area contributed by atoms with Crippen LogP contribution in [-0.4, -0.2) is 19.5 Å². The molecule has 0 spiro atoms. The smallest absolute Gasteiger partial charge is 0.335 e. The van der Waals surface area contributed by atoms with Gasteiger partial charge in [0.2, 0.25) is 0 Å². The summed E-state index contributed by atoms with van der Waals surface area (Å²) >= 11 is 0. The second-order valence-corrected chi connectivity index (χ2v) is 6.79. The summed E-state index contributed by atoms with van der Waals surface area (Å²) in [5, 5.41) is 9.07. The molecule has 2 rings (SSSR count). The van der Waals surface area contributed by atoms with Crippen LogP contribution in [0.3, 0.4) is 0 Å². The van der Waals surface area contributed by atoms with Gasteiger partial charge in [0.15, 0.2) is 0 Å². The van der Waals surface area contributed by atoms with E-state index in [1.54, 1.807) is 12.1 Å². The van der Waals surface area contributed by atoms with Crippen molar-refractivity contribution in [1.82, 2.24) is 0 Å². The third kappa shape index (κ3) is 3.90. The average Bonchev–Trinajstić information content (AvgIpc) is 2.54. The van der Waals surface area contributed by atoms with Gasteiger partial charge in [-0.1, -0.05) is 32.0 Å². The number of sulfonamides is 1. The molecule has 0 fully saturated rings. The lowest BCUT2D eigenvalue weighted by Crippen LogP contribution is -2.16. The molecule has 2 N–H and O–H groups in total. The van der Waals surface area contributed by atoms with Crippen LogP contribution in [0.15, 0.2) is 47.4 Å². The van der Waals surface area contributed by atoms with Gasteiger partial charge in [0.1, 0.15) is 0 Å². The minimum Gasteiger partial charge on any atom is -0.478 e. The molecule has 0 atom stereocenters. The molecule has 0 amide bonds. The largest absolute Gasteiger partial charge is 0.478 e. The van der Waals surface area contributed by atoms with Crippen LogP contribution >= 0.6 is 0 Å². The molecule has 6 heteroatoms. The fourth-order valence-electron chi connectivity index (χ4n) is 2.25.